The highest BCUT2D eigenvalue weighted by atomic mass is 16.5. The minimum Gasteiger partial charge on any atom is -0.475 e. The van der Waals surface area contributed by atoms with Crippen molar-refractivity contribution in [3.8, 4) is 5.88 Å². The van der Waals surface area contributed by atoms with Crippen molar-refractivity contribution in [1.82, 2.24) is 15.3 Å². The number of hydrogen-bond donors (Lipinski definition) is 1. The van der Waals surface area contributed by atoms with Crippen molar-refractivity contribution in [3.63, 3.8) is 0 Å². The first-order chi connectivity index (χ1) is 9.06. The molecule has 19 heavy (non-hydrogen) atoms. The van der Waals surface area contributed by atoms with E-state index in [0.717, 1.165) is 37.7 Å². The van der Waals surface area contributed by atoms with Crippen LogP contribution < -0.4 is 15.0 Å². The van der Waals surface area contributed by atoms with Crippen LogP contribution in [0.15, 0.2) is 6.07 Å². The van der Waals surface area contributed by atoms with Gasteiger partial charge in [-0.2, -0.15) is 4.98 Å². The third-order valence-corrected chi connectivity index (χ3v) is 2.58. The highest BCUT2D eigenvalue weighted by Crippen LogP contribution is 2.16. The predicted molar refractivity (Wildman–Crippen MR) is 79.0 cm³/mol. The first kappa shape index (κ1) is 15.7. The summed E-state index contributed by atoms with van der Waals surface area (Å²) >= 11 is 0. The fourth-order valence-electron chi connectivity index (χ4n) is 1.80. The molecule has 108 valence electrons. The van der Waals surface area contributed by atoms with E-state index >= 15 is 0 Å². The average molecular weight is 266 g/mol. The van der Waals surface area contributed by atoms with Gasteiger partial charge in [0.25, 0.3) is 0 Å². The Morgan fingerprint density at radius 1 is 1.32 bits per heavy atom. The molecule has 0 radical (unpaired) electrons. The summed E-state index contributed by atoms with van der Waals surface area (Å²) in [6.07, 6.45) is 1.19. The van der Waals surface area contributed by atoms with Gasteiger partial charge in [0.2, 0.25) is 11.8 Å². The van der Waals surface area contributed by atoms with Gasteiger partial charge in [-0.15, -0.1) is 0 Å². The zero-order valence-electron chi connectivity index (χ0n) is 12.7. The first-order valence-corrected chi connectivity index (χ1v) is 6.98. The van der Waals surface area contributed by atoms with Crippen LogP contribution in [0.25, 0.3) is 0 Å². The summed E-state index contributed by atoms with van der Waals surface area (Å²) in [7, 11) is 1.95. The molecule has 1 aromatic rings. The molecule has 0 saturated heterocycles. The SMILES string of the molecule is CCCN(CCNC)c1nc(C)cc(OC(C)C)n1. The molecule has 0 unspecified atom stereocenters. The molecule has 5 heteroatoms. The summed E-state index contributed by atoms with van der Waals surface area (Å²) in [5, 5.41) is 3.16. The van der Waals surface area contributed by atoms with Crippen LogP contribution in [-0.4, -0.2) is 42.8 Å². The number of aromatic nitrogens is 2. The van der Waals surface area contributed by atoms with Gasteiger partial charge >= 0.3 is 0 Å². The molecule has 1 rings (SSSR count). The van der Waals surface area contributed by atoms with E-state index in [1.807, 2.05) is 33.9 Å². The van der Waals surface area contributed by atoms with Crippen LogP contribution in [0.2, 0.25) is 0 Å². The number of nitrogens with zero attached hydrogens (tertiary/aromatic N) is 3. The molecule has 0 saturated carbocycles. The lowest BCUT2D eigenvalue weighted by atomic mass is 10.4. The predicted octanol–water partition coefficient (Wildman–Crippen LogP) is 2.01. The van der Waals surface area contributed by atoms with Gasteiger partial charge in [-0.25, -0.2) is 4.98 Å². The maximum Gasteiger partial charge on any atom is 0.228 e. The Balaban J connectivity index is 2.90. The average Bonchev–Trinajstić information content (AvgIpc) is 2.32. The minimum atomic E-state index is 0.124. The van der Waals surface area contributed by atoms with Crippen LogP contribution in [0.1, 0.15) is 32.9 Å². The normalized spacial score (nSPS) is 10.8. The molecular weight excluding hydrogens is 240 g/mol. The van der Waals surface area contributed by atoms with Crippen molar-refractivity contribution >= 4 is 5.95 Å². The van der Waals surface area contributed by atoms with Crippen LogP contribution >= 0.6 is 0 Å². The lowest BCUT2D eigenvalue weighted by Gasteiger charge is -2.23. The molecule has 0 aromatic carbocycles. The Morgan fingerprint density at radius 3 is 2.63 bits per heavy atom. The molecule has 5 nitrogen and oxygen atoms in total. The molecule has 0 aliphatic rings. The summed E-state index contributed by atoms with van der Waals surface area (Å²) in [4.78, 5) is 11.2. The quantitative estimate of drug-likeness (QED) is 0.780. The monoisotopic (exact) mass is 266 g/mol. The van der Waals surface area contributed by atoms with E-state index in [9.17, 15) is 0 Å². The van der Waals surface area contributed by atoms with Crippen molar-refractivity contribution in [2.75, 3.05) is 31.6 Å². The second kappa shape index (κ2) is 7.94. The summed E-state index contributed by atoms with van der Waals surface area (Å²) < 4.78 is 5.68. The Bertz CT molecular complexity index is 382. The number of ether oxygens (including phenoxy) is 1. The lowest BCUT2D eigenvalue weighted by Crippen LogP contribution is -2.33. The van der Waals surface area contributed by atoms with Gasteiger partial charge in [0.05, 0.1) is 6.10 Å². The van der Waals surface area contributed by atoms with Crippen LogP contribution in [0.5, 0.6) is 5.88 Å². The Hall–Kier alpha value is -1.36. The molecular formula is C14H26N4O. The van der Waals surface area contributed by atoms with Crippen LogP contribution in [0.3, 0.4) is 0 Å². The first-order valence-electron chi connectivity index (χ1n) is 6.98. The summed E-state index contributed by atoms with van der Waals surface area (Å²) in [6.45, 7) is 10.9. The zero-order chi connectivity index (χ0) is 14.3. The Labute approximate surface area is 116 Å². The molecule has 0 spiro atoms. The highest BCUT2D eigenvalue weighted by molar-refractivity contribution is 5.34. The maximum atomic E-state index is 5.68. The van der Waals surface area contributed by atoms with Gasteiger partial charge in [-0.05, 0) is 34.2 Å². The van der Waals surface area contributed by atoms with Crippen molar-refractivity contribution < 1.29 is 4.74 Å². The molecule has 0 aliphatic carbocycles. The largest absolute Gasteiger partial charge is 0.475 e. The van der Waals surface area contributed by atoms with E-state index in [1.54, 1.807) is 0 Å². The van der Waals surface area contributed by atoms with Crippen LogP contribution in [0, 0.1) is 6.92 Å². The minimum absolute atomic E-state index is 0.124. The lowest BCUT2D eigenvalue weighted by molar-refractivity contribution is 0.232. The van der Waals surface area contributed by atoms with E-state index < -0.39 is 0 Å². The van der Waals surface area contributed by atoms with Crippen molar-refractivity contribution in [3.05, 3.63) is 11.8 Å². The maximum absolute atomic E-state index is 5.68. The molecule has 0 bridgehead atoms. The van der Waals surface area contributed by atoms with Gasteiger partial charge in [-0.1, -0.05) is 6.92 Å². The van der Waals surface area contributed by atoms with E-state index in [1.165, 1.54) is 0 Å². The molecule has 0 aliphatic heterocycles. The topological polar surface area (TPSA) is 50.3 Å². The van der Waals surface area contributed by atoms with Gasteiger partial charge in [-0.3, -0.25) is 0 Å². The third-order valence-electron chi connectivity index (χ3n) is 2.58. The molecule has 0 fully saturated rings. The Kier molecular flexibility index (Phi) is 6.56. The molecule has 1 heterocycles. The van der Waals surface area contributed by atoms with E-state index in [2.05, 4.69) is 27.1 Å². The van der Waals surface area contributed by atoms with Crippen LogP contribution in [0.4, 0.5) is 5.95 Å². The van der Waals surface area contributed by atoms with Crippen molar-refractivity contribution in [1.29, 1.82) is 0 Å². The highest BCUT2D eigenvalue weighted by Gasteiger charge is 2.11. The molecule has 1 N–H and O–H groups in total. The molecule has 0 amide bonds. The molecule has 1 aromatic heterocycles. The number of hydrogen-bond acceptors (Lipinski definition) is 5. The number of aryl methyl sites for hydroxylation is 1. The van der Waals surface area contributed by atoms with Gasteiger partial charge in [0.1, 0.15) is 0 Å². The fourth-order valence-corrected chi connectivity index (χ4v) is 1.80. The zero-order valence-corrected chi connectivity index (χ0v) is 12.7. The van der Waals surface area contributed by atoms with Crippen LogP contribution in [-0.2, 0) is 0 Å². The van der Waals surface area contributed by atoms with Gasteiger partial charge in [0, 0.05) is 31.4 Å². The van der Waals surface area contributed by atoms with Crippen molar-refractivity contribution in [2.24, 2.45) is 0 Å². The van der Waals surface area contributed by atoms with Gasteiger partial charge in [0.15, 0.2) is 0 Å². The standard InChI is InChI=1S/C14H26N4O/c1-6-8-18(9-7-15-5)14-16-12(4)10-13(17-14)19-11(2)3/h10-11,15H,6-9H2,1-5H3. The van der Waals surface area contributed by atoms with E-state index in [-0.39, 0.29) is 6.10 Å². The summed E-state index contributed by atoms with van der Waals surface area (Å²) in [5.74, 6) is 1.41. The number of nitrogens with one attached hydrogen (secondary N) is 1. The van der Waals surface area contributed by atoms with Gasteiger partial charge < -0.3 is 15.0 Å². The third kappa shape index (κ3) is 5.42. The fraction of sp³-hybridized carbons (Fsp3) is 0.714. The number of rotatable bonds is 8. The second-order valence-corrected chi connectivity index (χ2v) is 4.90. The smallest absolute Gasteiger partial charge is 0.228 e. The number of anilines is 1. The Morgan fingerprint density at radius 2 is 2.05 bits per heavy atom. The van der Waals surface area contributed by atoms with E-state index in [0.29, 0.717) is 5.88 Å². The number of likely N-dealkylation sites (N-methyl/N-ethyl adjacent to an activating group) is 1. The molecule has 0 atom stereocenters. The van der Waals surface area contributed by atoms with Crippen molar-refractivity contribution in [2.45, 2.75) is 40.2 Å². The summed E-state index contributed by atoms with van der Waals surface area (Å²) in [5.41, 5.74) is 0.936. The van der Waals surface area contributed by atoms with E-state index in [4.69, 9.17) is 4.74 Å². The summed E-state index contributed by atoms with van der Waals surface area (Å²) in [6, 6.07) is 1.88. The second-order valence-electron chi connectivity index (χ2n) is 4.90.